The van der Waals surface area contributed by atoms with Crippen LogP contribution in [0.25, 0.3) is 6.08 Å². The molecule has 1 aromatic carbocycles. The first kappa shape index (κ1) is 19.7. The summed E-state index contributed by atoms with van der Waals surface area (Å²) < 4.78 is 22.0. The van der Waals surface area contributed by atoms with Gasteiger partial charge in [-0.3, -0.25) is 0 Å². The second kappa shape index (κ2) is 11.3. The number of fused-ring (bicyclic) bond motifs is 1. The average Bonchev–Trinajstić information content (AvgIpc) is 2.97. The minimum absolute atomic E-state index is 0.579. The summed E-state index contributed by atoms with van der Waals surface area (Å²) in [5.41, 5.74) is 2.84. The zero-order valence-electron chi connectivity index (χ0n) is 14.1. The van der Waals surface area contributed by atoms with Crippen molar-refractivity contribution in [2.45, 2.75) is 34.1 Å². The van der Waals surface area contributed by atoms with Crippen molar-refractivity contribution in [1.82, 2.24) is 0 Å². The molecule has 0 spiro atoms. The molecule has 5 heteroatoms. The van der Waals surface area contributed by atoms with E-state index in [1.54, 1.807) is 0 Å². The Labute approximate surface area is 141 Å². The fourth-order valence-electron chi connectivity index (χ4n) is 2.15. The van der Waals surface area contributed by atoms with Crippen molar-refractivity contribution in [3.63, 3.8) is 0 Å². The molecule has 0 fully saturated rings. The van der Waals surface area contributed by atoms with Gasteiger partial charge in [0.05, 0.1) is 0 Å². The molecule has 0 bridgehead atoms. The van der Waals surface area contributed by atoms with Gasteiger partial charge in [-0.1, -0.05) is 36.4 Å². The molecule has 2 rings (SSSR count). The van der Waals surface area contributed by atoms with Gasteiger partial charge >= 0.3 is 87.4 Å². The molecular weight excluding hydrogens is 359 g/mol. The third kappa shape index (κ3) is 6.43. The van der Waals surface area contributed by atoms with Gasteiger partial charge in [0.2, 0.25) is 0 Å². The fraction of sp³-hybridized carbons (Fsp3) is 0.529. The van der Waals surface area contributed by atoms with Crippen LogP contribution in [0.2, 0.25) is 0 Å². The predicted molar refractivity (Wildman–Crippen MR) is 85.7 cm³/mol. The number of hydrogen-bond acceptors (Lipinski definition) is 4. The molecule has 4 nitrogen and oxygen atoms in total. The van der Waals surface area contributed by atoms with Crippen LogP contribution >= 0.6 is 0 Å². The number of allylic oxidation sites excluding steroid dienone is 1. The summed E-state index contributed by atoms with van der Waals surface area (Å²) in [6.45, 7) is 10.00. The van der Waals surface area contributed by atoms with E-state index in [1.165, 1.54) is 11.1 Å². The van der Waals surface area contributed by atoms with E-state index in [4.69, 9.17) is 11.3 Å². The summed E-state index contributed by atoms with van der Waals surface area (Å²) in [6, 6.07) is 8.49. The first-order chi connectivity index (χ1) is 10.7. The normalized spacial score (nSPS) is 12.7. The standard InChI is InChI=1S/C9H8.4C2H5O.Zr/c1-2-5-9-7-3-6-8(9)4-1;4*1-2-3;/h1-6H,7H2;4*2H2,1H3;/q;4*-1;+4. The molecule has 0 aliphatic heterocycles. The zero-order chi connectivity index (χ0) is 16.3. The Hall–Kier alpha value is -0.317. The third-order valence-corrected chi connectivity index (χ3v) is 9.29. The summed E-state index contributed by atoms with van der Waals surface area (Å²) in [5.74, 6) is 0. The summed E-state index contributed by atoms with van der Waals surface area (Å²) in [6.07, 6.45) is 5.50. The summed E-state index contributed by atoms with van der Waals surface area (Å²) >= 11 is -3.56. The van der Waals surface area contributed by atoms with Crippen LogP contribution in [0.3, 0.4) is 0 Å². The molecule has 0 heterocycles. The van der Waals surface area contributed by atoms with Gasteiger partial charge in [-0.2, -0.15) is 0 Å². The minimum atomic E-state index is -3.56. The second-order valence-electron chi connectivity index (χ2n) is 4.54. The van der Waals surface area contributed by atoms with E-state index >= 15 is 0 Å². The van der Waals surface area contributed by atoms with Crippen LogP contribution in [0, 0.1) is 0 Å². The Balaban J connectivity index is 0.000000231. The van der Waals surface area contributed by atoms with Gasteiger partial charge in [-0.05, 0) is 17.5 Å². The van der Waals surface area contributed by atoms with Crippen LogP contribution in [0.15, 0.2) is 30.3 Å². The van der Waals surface area contributed by atoms with Gasteiger partial charge in [-0.15, -0.1) is 0 Å². The van der Waals surface area contributed by atoms with Crippen molar-refractivity contribution in [3.05, 3.63) is 41.5 Å². The first-order valence-corrected chi connectivity index (χ1v) is 12.0. The molecule has 0 aromatic heterocycles. The van der Waals surface area contributed by atoms with Crippen molar-refractivity contribution in [2.24, 2.45) is 0 Å². The van der Waals surface area contributed by atoms with E-state index in [2.05, 4.69) is 36.4 Å². The van der Waals surface area contributed by atoms with Gasteiger partial charge in [0.15, 0.2) is 0 Å². The molecule has 0 saturated carbocycles. The van der Waals surface area contributed by atoms with E-state index in [1.807, 2.05) is 27.7 Å². The Morgan fingerprint density at radius 1 is 0.818 bits per heavy atom. The maximum absolute atomic E-state index is 5.49. The summed E-state index contributed by atoms with van der Waals surface area (Å²) in [4.78, 5) is 0. The van der Waals surface area contributed by atoms with Crippen molar-refractivity contribution in [1.29, 1.82) is 0 Å². The van der Waals surface area contributed by atoms with Gasteiger partial charge in [-0.25, -0.2) is 0 Å². The number of hydrogen-bond donors (Lipinski definition) is 0. The molecule has 0 N–H and O–H groups in total. The molecular formula is C17H28O4Zr. The average molecular weight is 388 g/mol. The van der Waals surface area contributed by atoms with E-state index in [9.17, 15) is 0 Å². The van der Waals surface area contributed by atoms with Crippen LogP contribution < -0.4 is 0 Å². The van der Waals surface area contributed by atoms with E-state index in [-0.39, 0.29) is 0 Å². The van der Waals surface area contributed by atoms with Gasteiger partial charge < -0.3 is 0 Å². The maximum atomic E-state index is 5.49. The SMILES string of the molecule is C1=Cc2ccccc2C1.CC[O][Zr]([O]CC)([O]CC)[O]CC. The van der Waals surface area contributed by atoms with Crippen LogP contribution in [-0.2, 0) is 39.7 Å². The first-order valence-electron chi connectivity index (χ1n) is 8.01. The third-order valence-electron chi connectivity index (χ3n) is 2.97. The fourth-order valence-corrected chi connectivity index (χ4v) is 6.86. The molecule has 1 aliphatic carbocycles. The topological polar surface area (TPSA) is 36.9 Å². The van der Waals surface area contributed by atoms with Crippen LogP contribution in [0.5, 0.6) is 0 Å². The molecule has 1 aromatic rings. The number of benzene rings is 1. The van der Waals surface area contributed by atoms with Crippen molar-refractivity contribution < 1.29 is 33.3 Å². The number of rotatable bonds is 8. The Morgan fingerprint density at radius 3 is 1.77 bits per heavy atom. The van der Waals surface area contributed by atoms with Gasteiger partial charge in [0, 0.05) is 0 Å². The summed E-state index contributed by atoms with van der Waals surface area (Å²) in [5, 5.41) is 0. The molecule has 0 atom stereocenters. The molecule has 1 aliphatic rings. The Bertz CT molecular complexity index is 419. The molecule has 22 heavy (non-hydrogen) atoms. The summed E-state index contributed by atoms with van der Waals surface area (Å²) in [7, 11) is 0. The van der Waals surface area contributed by atoms with Crippen molar-refractivity contribution in [3.8, 4) is 0 Å². The quantitative estimate of drug-likeness (QED) is 0.670. The van der Waals surface area contributed by atoms with E-state index < -0.39 is 22.0 Å². The van der Waals surface area contributed by atoms with Crippen molar-refractivity contribution in [2.75, 3.05) is 26.4 Å². The Kier molecular flexibility index (Phi) is 10.1. The predicted octanol–water partition coefficient (Wildman–Crippen LogP) is 4.20. The van der Waals surface area contributed by atoms with Gasteiger partial charge in [0.25, 0.3) is 0 Å². The van der Waals surface area contributed by atoms with E-state index in [0.29, 0.717) is 26.4 Å². The van der Waals surface area contributed by atoms with Crippen molar-refractivity contribution >= 4 is 6.08 Å². The van der Waals surface area contributed by atoms with Crippen LogP contribution in [0.4, 0.5) is 0 Å². The van der Waals surface area contributed by atoms with Gasteiger partial charge in [0.1, 0.15) is 0 Å². The molecule has 0 radical (unpaired) electrons. The zero-order valence-corrected chi connectivity index (χ0v) is 16.6. The Morgan fingerprint density at radius 2 is 1.32 bits per heavy atom. The monoisotopic (exact) mass is 386 g/mol. The molecule has 124 valence electrons. The molecule has 0 saturated heterocycles. The second-order valence-corrected chi connectivity index (χ2v) is 9.83. The molecule has 0 amide bonds. The van der Waals surface area contributed by atoms with E-state index in [0.717, 1.165) is 6.42 Å². The molecule has 0 unspecified atom stereocenters. The van der Waals surface area contributed by atoms with Crippen LogP contribution in [-0.4, -0.2) is 26.4 Å². The van der Waals surface area contributed by atoms with Crippen LogP contribution in [0.1, 0.15) is 38.8 Å².